The van der Waals surface area contributed by atoms with Gasteiger partial charge in [-0.2, -0.15) is 0 Å². The molecule has 440 valence electrons. The summed E-state index contributed by atoms with van der Waals surface area (Å²) in [4.78, 5) is 110. The smallest absolute Gasteiger partial charge is 0.326 e. The molecule has 6 amide bonds. The van der Waals surface area contributed by atoms with Crippen molar-refractivity contribution in [2.24, 2.45) is 32.9 Å². The van der Waals surface area contributed by atoms with Gasteiger partial charge in [0.15, 0.2) is 11.9 Å². The van der Waals surface area contributed by atoms with Gasteiger partial charge < -0.3 is 79.7 Å². The van der Waals surface area contributed by atoms with Gasteiger partial charge in [0.2, 0.25) is 35.4 Å². The second-order valence-electron chi connectivity index (χ2n) is 20.1. The number of aliphatic hydroxyl groups is 1. The van der Waals surface area contributed by atoms with Crippen molar-refractivity contribution in [3.63, 3.8) is 0 Å². The molecule has 1 saturated heterocycles. The van der Waals surface area contributed by atoms with Crippen LogP contribution in [-0.4, -0.2) is 161 Å². The first-order chi connectivity index (χ1) is 38.9. The molecule has 0 radical (unpaired) electrons. The quantitative estimate of drug-likeness (QED) is 0.0283. The van der Waals surface area contributed by atoms with E-state index >= 15 is 4.79 Å². The topological polar surface area (TPSA) is 401 Å². The molecular formula is C56H81N15O10. The van der Waals surface area contributed by atoms with Crippen molar-refractivity contribution < 1.29 is 48.5 Å². The van der Waals surface area contributed by atoms with Gasteiger partial charge in [-0.05, 0) is 87.5 Å². The molecule has 81 heavy (non-hydrogen) atoms. The number of hydrogen-bond donors (Lipinski definition) is 14. The van der Waals surface area contributed by atoms with Crippen LogP contribution < -0.4 is 60.2 Å². The number of aromatic nitrogens is 1. The van der Waals surface area contributed by atoms with Crippen LogP contribution in [0.25, 0.3) is 10.9 Å². The average Bonchev–Trinajstić information content (AvgIpc) is 3.90. The molecule has 25 heteroatoms. The Morgan fingerprint density at radius 1 is 0.827 bits per heavy atom. The lowest BCUT2D eigenvalue weighted by atomic mass is 10.0. The zero-order chi connectivity index (χ0) is 58.7. The van der Waals surface area contributed by atoms with Crippen LogP contribution in [0.5, 0.6) is 0 Å². The molecule has 4 aromatic rings. The molecule has 1 aliphatic rings. The number of para-hydroxylation sites is 1. The summed E-state index contributed by atoms with van der Waals surface area (Å²) < 4.78 is 6.07. The molecule has 8 atom stereocenters. The molecule has 2 heterocycles. The van der Waals surface area contributed by atoms with Crippen LogP contribution in [0.1, 0.15) is 81.9 Å². The largest absolute Gasteiger partial charge is 0.480 e. The molecule has 1 fully saturated rings. The van der Waals surface area contributed by atoms with Gasteiger partial charge in [0, 0.05) is 62.8 Å². The number of carboxylic acids is 1. The van der Waals surface area contributed by atoms with Crippen LogP contribution in [0, 0.1) is 0 Å². The highest BCUT2D eigenvalue weighted by atomic mass is 16.5. The third-order valence-corrected chi connectivity index (χ3v) is 13.6. The molecular weight excluding hydrogens is 1040 g/mol. The van der Waals surface area contributed by atoms with E-state index in [1.807, 2.05) is 84.9 Å². The number of rotatable bonds is 21. The number of fused-ring (bicyclic) bond motifs is 1. The average molecular weight is 1120 g/mol. The first kappa shape index (κ1) is 63.7. The Hall–Kier alpha value is -8.13. The predicted octanol–water partition coefficient (Wildman–Crippen LogP) is -0.537. The molecule has 0 saturated carbocycles. The van der Waals surface area contributed by atoms with E-state index in [0.717, 1.165) is 22.0 Å². The number of nitrogens with two attached hydrogens (primary N) is 4. The monoisotopic (exact) mass is 1120 g/mol. The number of benzene rings is 3. The fraction of sp³-hybridized carbons (Fsp3) is 0.482. The van der Waals surface area contributed by atoms with Crippen LogP contribution in [0.3, 0.4) is 0 Å². The molecule has 0 aliphatic carbocycles. The third kappa shape index (κ3) is 22.1. The number of hydrogen-bond acceptors (Lipinski definition) is 13. The zero-order valence-corrected chi connectivity index (χ0v) is 46.1. The van der Waals surface area contributed by atoms with E-state index < -0.39 is 96.4 Å². The van der Waals surface area contributed by atoms with Gasteiger partial charge in [-0.1, -0.05) is 78.9 Å². The molecule has 18 N–H and O–H groups in total. The van der Waals surface area contributed by atoms with Gasteiger partial charge in [-0.25, -0.2) is 4.79 Å². The van der Waals surface area contributed by atoms with E-state index in [9.17, 15) is 39.0 Å². The van der Waals surface area contributed by atoms with E-state index in [4.69, 9.17) is 27.7 Å². The highest BCUT2D eigenvalue weighted by Gasteiger charge is 2.35. The Labute approximate surface area is 471 Å². The zero-order valence-electron chi connectivity index (χ0n) is 46.1. The maximum Gasteiger partial charge on any atom is 0.326 e. The maximum atomic E-state index is 15.1. The number of carboxylic acid groups (broad SMARTS) is 1. The standard InChI is InChI=1S/C56H81N15O10/c1-35-32-64-45(29-37-15-5-3-6-16-37)51(76)67-43(23-14-26-63-56(59)60)50(75)69-46(30-39-33-65-41-20-10-9-19-40(39)41)52(77)68-44(54(79)80)21-11-12-24-61-48(73)31-47(53(78)71(35)27-28-81-34-38-17-7-4-8-18-38)70-49(74)42(66-36(2)72)22-13-25-62-55(57)58/h3-10,15-20,33,35,42-47,50,64-65,69,75H,11-14,21-32,34H2,1-2H3,(H,61,73)(H,66,72)(H,67,76)(H,68,77)(H,70,74)(H,79,80)(H4,57,58,62)(H4,59,60,63)/t35-,42-,43-,44-,45+,46-,47-,50?/m0/s1. The third-order valence-electron chi connectivity index (χ3n) is 13.6. The molecule has 1 aromatic heterocycles. The number of nitrogens with zero attached hydrogens (tertiary/aromatic N) is 3. The number of carbonyl (C=O) groups excluding carboxylic acids is 6. The summed E-state index contributed by atoms with van der Waals surface area (Å²) >= 11 is 0. The molecule has 3 aromatic carbocycles. The Kier molecular flexibility index (Phi) is 26.3. The SMILES string of the molecule is CC(=O)N[C@@H](CCCN=C(N)N)C(=O)N[C@H]1CC(=O)NCCCC[C@@H](C(=O)O)NC(=O)[C@H](Cc2c[nH]c3ccccc23)NC(O)[C@H](CCCN=C(N)N)NC(=O)[C@@H](Cc2ccccc2)NC[C@H](C)N(CCOCc2ccccc2)C1=O. The van der Waals surface area contributed by atoms with Crippen molar-refractivity contribution in [3.8, 4) is 0 Å². The molecule has 1 aliphatic heterocycles. The number of aliphatic hydroxyl groups excluding tert-OH is 1. The second kappa shape index (κ2) is 33.5. The van der Waals surface area contributed by atoms with Crippen molar-refractivity contribution in [2.75, 3.05) is 39.3 Å². The summed E-state index contributed by atoms with van der Waals surface area (Å²) in [6.07, 6.45) is 0.865. The number of aliphatic imine (C=N–C) groups is 2. The molecule has 1 unspecified atom stereocenters. The minimum Gasteiger partial charge on any atom is -0.480 e. The van der Waals surface area contributed by atoms with Gasteiger partial charge in [0.05, 0.1) is 37.8 Å². The summed E-state index contributed by atoms with van der Waals surface area (Å²) in [5.74, 6) is -5.49. The number of guanidine groups is 2. The van der Waals surface area contributed by atoms with Crippen molar-refractivity contribution >= 4 is 64.2 Å². The van der Waals surface area contributed by atoms with Gasteiger partial charge >= 0.3 is 5.97 Å². The van der Waals surface area contributed by atoms with Crippen molar-refractivity contribution in [1.82, 2.24) is 47.1 Å². The lowest BCUT2D eigenvalue weighted by molar-refractivity contribution is -0.142. The molecule has 0 bridgehead atoms. The van der Waals surface area contributed by atoms with Gasteiger partial charge in [0.1, 0.15) is 24.4 Å². The normalized spacial score (nSPS) is 21.6. The fourth-order valence-electron chi connectivity index (χ4n) is 9.37. The second-order valence-corrected chi connectivity index (χ2v) is 20.1. The summed E-state index contributed by atoms with van der Waals surface area (Å²) in [6.45, 7) is 3.49. The van der Waals surface area contributed by atoms with Gasteiger partial charge in [-0.15, -0.1) is 0 Å². The highest BCUT2D eigenvalue weighted by Crippen LogP contribution is 2.20. The van der Waals surface area contributed by atoms with Gasteiger partial charge in [0.25, 0.3) is 0 Å². The maximum absolute atomic E-state index is 15.1. The molecule has 5 rings (SSSR count). The van der Waals surface area contributed by atoms with Crippen LogP contribution >= 0.6 is 0 Å². The Bertz CT molecular complexity index is 2720. The van der Waals surface area contributed by atoms with Crippen molar-refractivity contribution in [1.29, 1.82) is 0 Å². The summed E-state index contributed by atoms with van der Waals surface area (Å²) in [6, 6.07) is 17.9. The van der Waals surface area contributed by atoms with Crippen molar-refractivity contribution in [3.05, 3.63) is 108 Å². The number of nitrogens with one attached hydrogen (secondary N) is 8. The summed E-state index contributed by atoms with van der Waals surface area (Å²) in [5.41, 5.74) is 25.4. The lowest BCUT2D eigenvalue weighted by Crippen LogP contribution is -2.61. The Morgan fingerprint density at radius 2 is 1.48 bits per heavy atom. The van der Waals surface area contributed by atoms with Crippen LogP contribution in [-0.2, 0) is 57.7 Å². The number of ether oxygens (including phenoxy) is 1. The number of H-pyrrole nitrogens is 1. The van der Waals surface area contributed by atoms with E-state index in [0.29, 0.717) is 5.56 Å². The number of aliphatic carboxylic acids is 1. The Morgan fingerprint density at radius 3 is 2.16 bits per heavy atom. The molecule has 0 spiro atoms. The van der Waals surface area contributed by atoms with E-state index in [1.54, 1.807) is 13.1 Å². The van der Waals surface area contributed by atoms with Crippen molar-refractivity contribution in [2.45, 2.75) is 133 Å². The van der Waals surface area contributed by atoms with E-state index in [-0.39, 0.29) is 116 Å². The Balaban J connectivity index is 1.54. The fourth-order valence-corrected chi connectivity index (χ4v) is 9.37. The number of carbonyl (C=O) groups is 7. The lowest BCUT2D eigenvalue weighted by Gasteiger charge is -2.34. The van der Waals surface area contributed by atoms with Gasteiger partial charge in [-0.3, -0.25) is 44.1 Å². The summed E-state index contributed by atoms with van der Waals surface area (Å²) in [5, 5.41) is 43.5. The molecule has 25 nitrogen and oxygen atoms in total. The summed E-state index contributed by atoms with van der Waals surface area (Å²) in [7, 11) is 0. The van der Waals surface area contributed by atoms with Crippen LogP contribution in [0.2, 0.25) is 0 Å². The predicted molar refractivity (Wildman–Crippen MR) is 306 cm³/mol. The van der Waals surface area contributed by atoms with E-state index in [1.165, 1.54) is 11.8 Å². The highest BCUT2D eigenvalue weighted by molar-refractivity contribution is 5.95. The van der Waals surface area contributed by atoms with E-state index in [2.05, 4.69) is 52.2 Å². The number of aromatic amines is 1. The first-order valence-corrected chi connectivity index (χ1v) is 27.4. The van der Waals surface area contributed by atoms with Crippen LogP contribution in [0.4, 0.5) is 0 Å². The number of amides is 6. The minimum absolute atomic E-state index is 0.00267. The van der Waals surface area contributed by atoms with Crippen LogP contribution in [0.15, 0.2) is 101 Å². The first-order valence-electron chi connectivity index (χ1n) is 27.4. The minimum atomic E-state index is -1.60.